The van der Waals surface area contributed by atoms with Crippen molar-refractivity contribution in [1.29, 1.82) is 0 Å². The first kappa shape index (κ1) is 23.9. The third kappa shape index (κ3) is 6.58. The number of aliphatic hydroxyl groups excluding tert-OH is 1. The van der Waals surface area contributed by atoms with Crippen LogP contribution in [0.15, 0.2) is 18.2 Å². The Morgan fingerprint density at radius 1 is 1.14 bits per heavy atom. The minimum atomic E-state index is -1.95. The molecule has 1 aliphatic rings. The quantitative estimate of drug-likeness (QED) is 0.455. The van der Waals surface area contributed by atoms with Gasteiger partial charge < -0.3 is 14.3 Å². The van der Waals surface area contributed by atoms with E-state index in [-0.39, 0.29) is 11.5 Å². The summed E-state index contributed by atoms with van der Waals surface area (Å²) in [7, 11) is -1.95. The largest absolute Gasteiger partial charge is 0.543 e. The number of carbonyl (C=O) groups is 1. The molecule has 0 spiro atoms. The van der Waals surface area contributed by atoms with Gasteiger partial charge in [0.15, 0.2) is 6.10 Å². The normalized spacial score (nSPS) is 17.3. The summed E-state index contributed by atoms with van der Waals surface area (Å²) in [4.78, 5) is 12.2. The molecule has 0 radical (unpaired) electrons. The molecule has 2 rings (SSSR count). The van der Waals surface area contributed by atoms with E-state index in [1.807, 2.05) is 32.9 Å². The monoisotopic (exact) mass is 420 g/mol. The summed E-state index contributed by atoms with van der Waals surface area (Å²) >= 11 is 0. The van der Waals surface area contributed by atoms with Crippen molar-refractivity contribution in [2.75, 3.05) is 0 Å². The SMILES string of the molecule is CC(C)(C)OC(=O)[C@H](O)Cc1ccc(O[Si](C)(C)C(C)(C)C)c(C2CCCC2)c1. The van der Waals surface area contributed by atoms with Gasteiger partial charge >= 0.3 is 5.97 Å². The Morgan fingerprint density at radius 3 is 2.24 bits per heavy atom. The van der Waals surface area contributed by atoms with Crippen LogP contribution in [0.5, 0.6) is 5.75 Å². The van der Waals surface area contributed by atoms with Crippen LogP contribution >= 0.6 is 0 Å². The van der Waals surface area contributed by atoms with Crippen LogP contribution in [-0.2, 0) is 16.0 Å². The van der Waals surface area contributed by atoms with Crippen LogP contribution < -0.4 is 4.43 Å². The standard InChI is InChI=1S/C24H40O4Si/c1-23(2,3)27-22(26)20(25)16-17-13-14-21(28-29(7,8)24(4,5)6)19(15-17)18-11-9-10-12-18/h13-15,18,20,25H,9-12,16H2,1-8H3/t20-/m1/s1. The highest BCUT2D eigenvalue weighted by Crippen LogP contribution is 2.43. The molecule has 1 aromatic carbocycles. The van der Waals surface area contributed by atoms with Gasteiger partial charge in [-0.3, -0.25) is 0 Å². The lowest BCUT2D eigenvalue weighted by molar-refractivity contribution is -0.164. The number of hydrogen-bond donors (Lipinski definition) is 1. The van der Waals surface area contributed by atoms with Crippen LogP contribution in [0.1, 0.15) is 84.3 Å². The Labute approximate surface area is 178 Å². The van der Waals surface area contributed by atoms with Crippen molar-refractivity contribution >= 4 is 14.3 Å². The number of ether oxygens (including phenoxy) is 1. The van der Waals surface area contributed by atoms with Crippen molar-refractivity contribution in [2.24, 2.45) is 0 Å². The number of esters is 1. The Balaban J connectivity index is 2.26. The van der Waals surface area contributed by atoms with Gasteiger partial charge in [0.1, 0.15) is 11.4 Å². The summed E-state index contributed by atoms with van der Waals surface area (Å²) in [5.41, 5.74) is 1.59. The second-order valence-corrected chi connectivity index (χ2v) is 15.7. The van der Waals surface area contributed by atoms with Crippen molar-refractivity contribution in [3.8, 4) is 5.75 Å². The zero-order chi connectivity index (χ0) is 22.0. The third-order valence-electron chi connectivity index (χ3n) is 6.15. The number of rotatable bonds is 6. The molecular formula is C24H40O4Si. The molecule has 0 unspecified atom stereocenters. The molecule has 0 aliphatic heterocycles. The molecule has 5 heteroatoms. The molecule has 1 atom stereocenters. The van der Waals surface area contributed by atoms with Crippen LogP contribution in [0.4, 0.5) is 0 Å². The van der Waals surface area contributed by atoms with Crippen molar-refractivity contribution in [3.05, 3.63) is 29.3 Å². The van der Waals surface area contributed by atoms with Gasteiger partial charge in [-0.05, 0) is 74.9 Å². The molecule has 0 amide bonds. The molecule has 1 saturated carbocycles. The van der Waals surface area contributed by atoms with E-state index in [0.29, 0.717) is 5.92 Å². The summed E-state index contributed by atoms with van der Waals surface area (Å²) < 4.78 is 12.0. The van der Waals surface area contributed by atoms with Crippen molar-refractivity contribution < 1.29 is 19.1 Å². The van der Waals surface area contributed by atoms with E-state index in [1.54, 1.807) is 0 Å². The molecular weight excluding hydrogens is 380 g/mol. The van der Waals surface area contributed by atoms with Gasteiger partial charge in [-0.1, -0.05) is 45.7 Å². The van der Waals surface area contributed by atoms with Gasteiger partial charge in [-0.25, -0.2) is 4.79 Å². The predicted molar refractivity (Wildman–Crippen MR) is 121 cm³/mol. The lowest BCUT2D eigenvalue weighted by Crippen LogP contribution is -2.44. The van der Waals surface area contributed by atoms with Gasteiger partial charge in [0.2, 0.25) is 8.32 Å². The molecule has 1 aromatic rings. The molecule has 0 saturated heterocycles. The van der Waals surface area contributed by atoms with Crippen LogP contribution in [0.25, 0.3) is 0 Å². The highest BCUT2D eigenvalue weighted by molar-refractivity contribution is 6.74. The second-order valence-electron chi connectivity index (χ2n) is 11.0. The average Bonchev–Trinajstić information content (AvgIpc) is 3.07. The maximum Gasteiger partial charge on any atom is 0.335 e. The van der Waals surface area contributed by atoms with Crippen LogP contribution in [0.2, 0.25) is 18.1 Å². The number of aliphatic hydroxyl groups is 1. The number of benzene rings is 1. The first-order valence-corrected chi connectivity index (χ1v) is 13.8. The van der Waals surface area contributed by atoms with Crippen LogP contribution in [0.3, 0.4) is 0 Å². The Hall–Kier alpha value is -1.33. The van der Waals surface area contributed by atoms with Crippen molar-refractivity contribution in [2.45, 2.75) is 109 Å². The molecule has 4 nitrogen and oxygen atoms in total. The lowest BCUT2D eigenvalue weighted by atomic mass is 9.93. The summed E-state index contributed by atoms with van der Waals surface area (Å²) in [6.07, 6.45) is 3.94. The van der Waals surface area contributed by atoms with Crippen LogP contribution in [-0.4, -0.2) is 31.1 Å². The predicted octanol–water partition coefficient (Wildman–Crippen LogP) is 5.97. The Kier molecular flexibility index (Phi) is 7.27. The fourth-order valence-electron chi connectivity index (χ4n) is 3.48. The number of hydrogen-bond acceptors (Lipinski definition) is 4. The molecule has 1 fully saturated rings. The van der Waals surface area contributed by atoms with E-state index in [1.165, 1.54) is 31.2 Å². The topological polar surface area (TPSA) is 55.8 Å². The average molecular weight is 421 g/mol. The molecule has 0 aromatic heterocycles. The Bertz CT molecular complexity index is 707. The summed E-state index contributed by atoms with van der Waals surface area (Å²) in [6.45, 7) is 16.7. The Morgan fingerprint density at radius 2 is 1.72 bits per heavy atom. The summed E-state index contributed by atoms with van der Waals surface area (Å²) in [6, 6.07) is 6.17. The third-order valence-corrected chi connectivity index (χ3v) is 10.5. The van der Waals surface area contributed by atoms with Gasteiger partial charge in [-0.2, -0.15) is 0 Å². The van der Waals surface area contributed by atoms with Crippen molar-refractivity contribution in [3.63, 3.8) is 0 Å². The van der Waals surface area contributed by atoms with E-state index in [9.17, 15) is 9.90 Å². The zero-order valence-corrected chi connectivity index (χ0v) is 20.6. The minimum Gasteiger partial charge on any atom is -0.543 e. The number of carbonyl (C=O) groups excluding carboxylic acids is 1. The summed E-state index contributed by atoms with van der Waals surface area (Å²) in [5.74, 6) is 0.911. The maximum atomic E-state index is 12.2. The lowest BCUT2D eigenvalue weighted by Gasteiger charge is -2.37. The second kappa shape index (κ2) is 8.81. The first-order valence-electron chi connectivity index (χ1n) is 10.9. The van der Waals surface area contributed by atoms with E-state index in [2.05, 4.69) is 39.9 Å². The smallest absolute Gasteiger partial charge is 0.335 e. The van der Waals surface area contributed by atoms with Gasteiger partial charge in [0.25, 0.3) is 0 Å². The van der Waals surface area contributed by atoms with Crippen LogP contribution in [0, 0.1) is 0 Å². The van der Waals surface area contributed by atoms with E-state index in [0.717, 1.165) is 11.3 Å². The van der Waals surface area contributed by atoms with Gasteiger partial charge in [0.05, 0.1) is 0 Å². The molecule has 164 valence electrons. The molecule has 29 heavy (non-hydrogen) atoms. The van der Waals surface area contributed by atoms with E-state index in [4.69, 9.17) is 9.16 Å². The van der Waals surface area contributed by atoms with Gasteiger partial charge in [-0.15, -0.1) is 0 Å². The first-order chi connectivity index (χ1) is 13.2. The van der Waals surface area contributed by atoms with Crippen molar-refractivity contribution in [1.82, 2.24) is 0 Å². The molecule has 0 heterocycles. The molecule has 0 bridgehead atoms. The molecule has 1 N–H and O–H groups in total. The highest BCUT2D eigenvalue weighted by atomic mass is 28.4. The highest BCUT2D eigenvalue weighted by Gasteiger charge is 2.39. The molecule has 1 aliphatic carbocycles. The zero-order valence-electron chi connectivity index (χ0n) is 19.6. The maximum absolute atomic E-state index is 12.2. The van der Waals surface area contributed by atoms with Gasteiger partial charge in [0, 0.05) is 6.42 Å². The van der Waals surface area contributed by atoms with E-state index < -0.39 is 26.0 Å². The minimum absolute atomic E-state index is 0.130. The summed E-state index contributed by atoms with van der Waals surface area (Å²) in [5, 5.41) is 10.5. The van der Waals surface area contributed by atoms with E-state index >= 15 is 0 Å². The fourth-order valence-corrected chi connectivity index (χ4v) is 4.52. The fraction of sp³-hybridized carbons (Fsp3) is 0.708.